The summed E-state index contributed by atoms with van der Waals surface area (Å²) in [5.41, 5.74) is 0. The van der Waals surface area contributed by atoms with Gasteiger partial charge in [0.25, 0.3) is 0 Å². The SMILES string of the molecule is CCOCCCC(=O)NCC1CCC(C(=O)O)O1. The van der Waals surface area contributed by atoms with Crippen molar-refractivity contribution in [2.45, 2.75) is 44.8 Å². The van der Waals surface area contributed by atoms with E-state index in [1.165, 1.54) is 0 Å². The van der Waals surface area contributed by atoms with E-state index >= 15 is 0 Å². The van der Waals surface area contributed by atoms with Crippen molar-refractivity contribution < 1.29 is 24.2 Å². The van der Waals surface area contributed by atoms with Crippen LogP contribution in [0.25, 0.3) is 0 Å². The van der Waals surface area contributed by atoms with Crippen molar-refractivity contribution >= 4 is 11.9 Å². The van der Waals surface area contributed by atoms with Gasteiger partial charge in [-0.05, 0) is 26.2 Å². The molecule has 1 fully saturated rings. The van der Waals surface area contributed by atoms with Crippen LogP contribution in [0.15, 0.2) is 0 Å². The quantitative estimate of drug-likeness (QED) is 0.622. The van der Waals surface area contributed by atoms with E-state index in [1.807, 2.05) is 6.92 Å². The van der Waals surface area contributed by atoms with Gasteiger partial charge in [-0.15, -0.1) is 0 Å². The van der Waals surface area contributed by atoms with Crippen LogP contribution in [0.3, 0.4) is 0 Å². The minimum Gasteiger partial charge on any atom is -0.479 e. The van der Waals surface area contributed by atoms with Crippen molar-refractivity contribution in [3.63, 3.8) is 0 Å². The Balaban J connectivity index is 2.07. The summed E-state index contributed by atoms with van der Waals surface area (Å²) in [6, 6.07) is 0. The number of ether oxygens (including phenoxy) is 2. The van der Waals surface area contributed by atoms with Crippen LogP contribution in [0.1, 0.15) is 32.6 Å². The minimum absolute atomic E-state index is 0.0444. The van der Waals surface area contributed by atoms with E-state index in [9.17, 15) is 9.59 Å². The summed E-state index contributed by atoms with van der Waals surface area (Å²) in [6.45, 7) is 3.55. The monoisotopic (exact) mass is 259 g/mol. The fourth-order valence-corrected chi connectivity index (χ4v) is 1.83. The molecule has 0 spiro atoms. The maximum Gasteiger partial charge on any atom is 0.332 e. The molecule has 0 aromatic rings. The molecular weight excluding hydrogens is 238 g/mol. The van der Waals surface area contributed by atoms with Crippen molar-refractivity contribution in [2.75, 3.05) is 19.8 Å². The fourth-order valence-electron chi connectivity index (χ4n) is 1.83. The van der Waals surface area contributed by atoms with E-state index in [1.54, 1.807) is 0 Å². The summed E-state index contributed by atoms with van der Waals surface area (Å²) in [7, 11) is 0. The first-order valence-electron chi connectivity index (χ1n) is 6.36. The number of hydrogen-bond acceptors (Lipinski definition) is 4. The van der Waals surface area contributed by atoms with Gasteiger partial charge in [-0.25, -0.2) is 4.79 Å². The summed E-state index contributed by atoms with van der Waals surface area (Å²) >= 11 is 0. The molecule has 1 rings (SSSR count). The number of carbonyl (C=O) groups excluding carboxylic acids is 1. The lowest BCUT2D eigenvalue weighted by atomic mass is 10.2. The van der Waals surface area contributed by atoms with Crippen molar-refractivity contribution in [3.8, 4) is 0 Å². The molecule has 0 aliphatic carbocycles. The van der Waals surface area contributed by atoms with Crippen LogP contribution in [0.2, 0.25) is 0 Å². The highest BCUT2D eigenvalue weighted by molar-refractivity contribution is 5.76. The standard InChI is InChI=1S/C12H21NO5/c1-2-17-7-3-4-11(14)13-8-9-5-6-10(18-9)12(15)16/h9-10H,2-8H2,1H3,(H,13,14)(H,15,16). The average Bonchev–Trinajstić information content (AvgIpc) is 2.81. The van der Waals surface area contributed by atoms with Gasteiger partial charge in [-0.3, -0.25) is 4.79 Å². The Bertz CT molecular complexity index is 282. The molecule has 1 aliphatic rings. The second kappa shape index (κ2) is 8.05. The Morgan fingerprint density at radius 3 is 2.83 bits per heavy atom. The van der Waals surface area contributed by atoms with Crippen LogP contribution in [-0.4, -0.2) is 48.9 Å². The molecule has 0 radical (unpaired) electrons. The molecule has 6 heteroatoms. The molecule has 1 amide bonds. The minimum atomic E-state index is -0.930. The van der Waals surface area contributed by atoms with Gasteiger partial charge in [0, 0.05) is 26.2 Å². The third-order valence-corrected chi connectivity index (χ3v) is 2.81. The largest absolute Gasteiger partial charge is 0.479 e. The van der Waals surface area contributed by atoms with Crippen molar-refractivity contribution in [1.82, 2.24) is 5.32 Å². The molecule has 0 bridgehead atoms. The predicted molar refractivity (Wildman–Crippen MR) is 64.3 cm³/mol. The highest BCUT2D eigenvalue weighted by atomic mass is 16.5. The summed E-state index contributed by atoms with van der Waals surface area (Å²) in [6.07, 6.45) is 1.42. The average molecular weight is 259 g/mol. The first kappa shape index (κ1) is 14.9. The predicted octanol–water partition coefficient (Wildman–Crippen LogP) is 0.551. The van der Waals surface area contributed by atoms with Crippen LogP contribution in [0.5, 0.6) is 0 Å². The third-order valence-electron chi connectivity index (χ3n) is 2.81. The Labute approximate surface area is 107 Å². The number of carbonyl (C=O) groups is 2. The highest BCUT2D eigenvalue weighted by Crippen LogP contribution is 2.19. The lowest BCUT2D eigenvalue weighted by Crippen LogP contribution is -2.33. The van der Waals surface area contributed by atoms with Crippen LogP contribution in [0.4, 0.5) is 0 Å². The summed E-state index contributed by atoms with van der Waals surface area (Å²) in [5, 5.41) is 11.5. The fraction of sp³-hybridized carbons (Fsp3) is 0.833. The highest BCUT2D eigenvalue weighted by Gasteiger charge is 2.30. The summed E-state index contributed by atoms with van der Waals surface area (Å²) in [5.74, 6) is -0.974. The van der Waals surface area contributed by atoms with Gasteiger partial charge in [-0.2, -0.15) is 0 Å². The van der Waals surface area contributed by atoms with Gasteiger partial charge in [0.15, 0.2) is 6.10 Å². The molecule has 6 nitrogen and oxygen atoms in total. The molecule has 2 atom stereocenters. The van der Waals surface area contributed by atoms with E-state index < -0.39 is 12.1 Å². The molecule has 1 saturated heterocycles. The first-order chi connectivity index (χ1) is 8.63. The lowest BCUT2D eigenvalue weighted by molar-refractivity contribution is -0.149. The molecule has 0 aromatic heterocycles. The number of carboxylic acid groups (broad SMARTS) is 1. The van der Waals surface area contributed by atoms with Crippen molar-refractivity contribution in [3.05, 3.63) is 0 Å². The number of rotatable bonds is 8. The zero-order valence-corrected chi connectivity index (χ0v) is 10.7. The van der Waals surface area contributed by atoms with Gasteiger partial charge in [0.1, 0.15) is 0 Å². The Morgan fingerprint density at radius 2 is 2.22 bits per heavy atom. The Kier molecular flexibility index (Phi) is 6.67. The van der Waals surface area contributed by atoms with Crippen LogP contribution >= 0.6 is 0 Å². The Hall–Kier alpha value is -1.14. The van der Waals surface area contributed by atoms with E-state index in [0.717, 1.165) is 0 Å². The second-order valence-electron chi connectivity index (χ2n) is 4.27. The molecule has 104 valence electrons. The van der Waals surface area contributed by atoms with Crippen molar-refractivity contribution in [2.24, 2.45) is 0 Å². The zero-order chi connectivity index (χ0) is 13.4. The number of amides is 1. The van der Waals surface area contributed by atoms with Gasteiger partial charge < -0.3 is 19.9 Å². The molecule has 18 heavy (non-hydrogen) atoms. The number of nitrogens with one attached hydrogen (secondary N) is 1. The molecule has 0 aromatic carbocycles. The lowest BCUT2D eigenvalue weighted by Gasteiger charge is -2.12. The normalized spacial score (nSPS) is 22.9. The number of hydrogen-bond donors (Lipinski definition) is 2. The molecule has 2 N–H and O–H groups in total. The van der Waals surface area contributed by atoms with Gasteiger partial charge >= 0.3 is 5.97 Å². The number of carboxylic acids is 1. The van der Waals surface area contributed by atoms with Gasteiger partial charge in [0.2, 0.25) is 5.91 Å². The summed E-state index contributed by atoms with van der Waals surface area (Å²) < 4.78 is 10.4. The molecule has 1 aliphatic heterocycles. The summed E-state index contributed by atoms with van der Waals surface area (Å²) in [4.78, 5) is 22.1. The molecule has 1 heterocycles. The van der Waals surface area contributed by atoms with E-state index in [-0.39, 0.29) is 12.0 Å². The van der Waals surface area contributed by atoms with Crippen LogP contribution in [-0.2, 0) is 19.1 Å². The number of aliphatic carboxylic acids is 1. The van der Waals surface area contributed by atoms with E-state index in [2.05, 4.69) is 5.32 Å². The van der Waals surface area contributed by atoms with Crippen LogP contribution in [0, 0.1) is 0 Å². The topological polar surface area (TPSA) is 84.9 Å². The maximum atomic E-state index is 11.4. The maximum absolute atomic E-state index is 11.4. The first-order valence-corrected chi connectivity index (χ1v) is 6.36. The second-order valence-corrected chi connectivity index (χ2v) is 4.27. The molecule has 2 unspecified atom stereocenters. The molecule has 0 saturated carbocycles. The molecular formula is C12H21NO5. The zero-order valence-electron chi connectivity index (χ0n) is 10.7. The smallest absolute Gasteiger partial charge is 0.332 e. The third kappa shape index (κ3) is 5.46. The van der Waals surface area contributed by atoms with Crippen LogP contribution < -0.4 is 5.32 Å². The Morgan fingerprint density at radius 1 is 1.44 bits per heavy atom. The van der Waals surface area contributed by atoms with E-state index in [0.29, 0.717) is 45.4 Å². The van der Waals surface area contributed by atoms with Crippen molar-refractivity contribution in [1.29, 1.82) is 0 Å². The van der Waals surface area contributed by atoms with Gasteiger partial charge in [0.05, 0.1) is 6.10 Å². The van der Waals surface area contributed by atoms with E-state index in [4.69, 9.17) is 14.6 Å². The van der Waals surface area contributed by atoms with Gasteiger partial charge in [-0.1, -0.05) is 0 Å².